The molecule has 0 atom stereocenters. The van der Waals surface area contributed by atoms with E-state index in [1.807, 2.05) is 0 Å². The first-order valence-electron chi connectivity index (χ1n) is 7.65. The zero-order valence-corrected chi connectivity index (χ0v) is 13.2. The Morgan fingerprint density at radius 1 is 0.611 bits per heavy atom. The van der Waals surface area contributed by atoms with Crippen LogP contribution in [0.2, 0.25) is 0 Å². The van der Waals surface area contributed by atoms with Crippen LogP contribution in [-0.2, 0) is 0 Å². The topological polar surface area (TPSA) is 60.7 Å². The summed E-state index contributed by atoms with van der Waals surface area (Å²) in [5.41, 5.74) is 0. The van der Waals surface area contributed by atoms with Crippen molar-refractivity contribution in [3.05, 3.63) is 0 Å². The summed E-state index contributed by atoms with van der Waals surface area (Å²) in [6, 6.07) is 0. The minimum absolute atomic E-state index is 0.0863. The van der Waals surface area contributed by atoms with Gasteiger partial charge in [0, 0.05) is 0 Å². The van der Waals surface area contributed by atoms with Crippen molar-refractivity contribution in [2.75, 3.05) is 12.3 Å². The summed E-state index contributed by atoms with van der Waals surface area (Å²) in [5, 5.41) is 0. The molecule has 0 aliphatic heterocycles. The Bertz CT molecular complexity index is 199. The molecular weight excluding hydrogens is 247 g/mol. The molecule has 0 aromatic rings. The summed E-state index contributed by atoms with van der Waals surface area (Å²) >= 11 is 0. The van der Waals surface area contributed by atoms with Crippen molar-refractivity contribution in [1.29, 1.82) is 0 Å². The van der Waals surface area contributed by atoms with Crippen molar-refractivity contribution in [3.63, 3.8) is 0 Å². The van der Waals surface area contributed by atoms with Crippen LogP contribution in [0, 0.1) is 0 Å². The number of hydrogen-bond acceptors (Lipinski definition) is 3. The Morgan fingerprint density at radius 2 is 1.00 bits per heavy atom. The monoisotopic (exact) mass is 280 g/mol. The zero-order valence-electron chi connectivity index (χ0n) is 12.3. The predicted molar refractivity (Wildman–Crippen MR) is 80.8 cm³/mol. The fourth-order valence-electron chi connectivity index (χ4n) is 2.08. The van der Waals surface area contributed by atoms with Gasteiger partial charge in [0.05, 0.1) is 0 Å². The van der Waals surface area contributed by atoms with Crippen LogP contribution in [0.4, 0.5) is 0 Å². The molecule has 0 unspecified atom stereocenters. The summed E-state index contributed by atoms with van der Waals surface area (Å²) in [5.74, 6) is 0. The summed E-state index contributed by atoms with van der Waals surface area (Å²) in [6.45, 7) is 3.86. The SMILES string of the molecule is CCCCCCCCCCCCP(O)(O)(O)CC. The first-order chi connectivity index (χ1) is 8.39. The maximum atomic E-state index is 9.55. The van der Waals surface area contributed by atoms with Crippen LogP contribution in [0.25, 0.3) is 0 Å². The van der Waals surface area contributed by atoms with Crippen LogP contribution in [-0.4, -0.2) is 27.0 Å². The molecule has 0 fully saturated rings. The van der Waals surface area contributed by atoms with Crippen molar-refractivity contribution in [3.8, 4) is 0 Å². The summed E-state index contributed by atoms with van der Waals surface area (Å²) in [4.78, 5) is 28.7. The van der Waals surface area contributed by atoms with Crippen molar-refractivity contribution in [2.24, 2.45) is 0 Å². The van der Waals surface area contributed by atoms with E-state index in [-0.39, 0.29) is 12.3 Å². The van der Waals surface area contributed by atoms with Gasteiger partial charge < -0.3 is 0 Å². The number of rotatable bonds is 12. The van der Waals surface area contributed by atoms with Crippen LogP contribution in [0.3, 0.4) is 0 Å². The molecule has 0 aliphatic rings. The van der Waals surface area contributed by atoms with E-state index in [1.165, 1.54) is 44.9 Å². The van der Waals surface area contributed by atoms with Crippen LogP contribution in [0.1, 0.15) is 78.1 Å². The Balaban J connectivity index is 3.27. The molecule has 0 rings (SSSR count). The third kappa shape index (κ3) is 11.4. The average Bonchev–Trinajstić information content (AvgIpc) is 2.31. The predicted octanol–water partition coefficient (Wildman–Crippen LogP) is 4.20. The second-order valence-electron chi connectivity index (χ2n) is 5.56. The maximum absolute atomic E-state index is 9.55. The van der Waals surface area contributed by atoms with Crippen molar-refractivity contribution in [1.82, 2.24) is 0 Å². The molecule has 3 nitrogen and oxygen atoms in total. The van der Waals surface area contributed by atoms with Gasteiger partial charge in [-0.05, 0) is 0 Å². The molecule has 4 heteroatoms. The van der Waals surface area contributed by atoms with Gasteiger partial charge in [0.25, 0.3) is 0 Å². The molecule has 0 saturated carbocycles. The molecule has 0 saturated heterocycles. The Hall–Kier alpha value is 0.310. The van der Waals surface area contributed by atoms with Crippen LogP contribution < -0.4 is 0 Å². The van der Waals surface area contributed by atoms with Gasteiger partial charge in [0.2, 0.25) is 0 Å². The van der Waals surface area contributed by atoms with E-state index in [9.17, 15) is 14.7 Å². The Morgan fingerprint density at radius 3 is 1.39 bits per heavy atom. The Labute approximate surface area is 113 Å². The van der Waals surface area contributed by atoms with Gasteiger partial charge in [0.1, 0.15) is 0 Å². The van der Waals surface area contributed by atoms with Crippen molar-refractivity contribution >= 4 is 7.28 Å². The minimum atomic E-state index is -4.23. The fourth-order valence-corrected chi connectivity index (χ4v) is 3.27. The first kappa shape index (κ1) is 18.3. The summed E-state index contributed by atoms with van der Waals surface area (Å²) in [7, 11) is -4.23. The molecule has 0 heterocycles. The molecule has 0 aromatic carbocycles. The van der Waals surface area contributed by atoms with E-state index in [4.69, 9.17) is 0 Å². The molecule has 0 spiro atoms. The van der Waals surface area contributed by atoms with E-state index < -0.39 is 7.28 Å². The molecule has 18 heavy (non-hydrogen) atoms. The molecule has 3 N–H and O–H groups in total. The van der Waals surface area contributed by atoms with Crippen LogP contribution >= 0.6 is 7.28 Å². The van der Waals surface area contributed by atoms with Gasteiger partial charge in [-0.1, -0.05) is 0 Å². The molecule has 112 valence electrons. The van der Waals surface area contributed by atoms with Gasteiger partial charge in [-0.15, -0.1) is 0 Å². The van der Waals surface area contributed by atoms with Gasteiger partial charge in [-0.3, -0.25) is 0 Å². The van der Waals surface area contributed by atoms with E-state index in [0.717, 1.165) is 19.3 Å². The molecule has 0 bridgehead atoms. The van der Waals surface area contributed by atoms with E-state index in [2.05, 4.69) is 6.92 Å². The van der Waals surface area contributed by atoms with Gasteiger partial charge in [-0.2, -0.15) is 0 Å². The average molecular weight is 280 g/mol. The molecule has 0 amide bonds. The van der Waals surface area contributed by atoms with Crippen LogP contribution in [0.15, 0.2) is 0 Å². The van der Waals surface area contributed by atoms with Gasteiger partial charge in [0.15, 0.2) is 0 Å². The Kier molecular flexibility index (Phi) is 9.41. The molecule has 0 aromatic heterocycles. The van der Waals surface area contributed by atoms with Gasteiger partial charge in [-0.25, -0.2) is 0 Å². The summed E-state index contributed by atoms with van der Waals surface area (Å²) < 4.78 is 0. The third-order valence-corrected chi connectivity index (χ3v) is 6.15. The van der Waals surface area contributed by atoms with E-state index in [0.29, 0.717) is 0 Å². The number of unbranched alkanes of at least 4 members (excludes halogenated alkanes) is 9. The fraction of sp³-hybridized carbons (Fsp3) is 1.00. The second kappa shape index (κ2) is 9.25. The number of hydrogen-bond donors (Lipinski definition) is 3. The van der Waals surface area contributed by atoms with E-state index in [1.54, 1.807) is 6.92 Å². The first-order valence-corrected chi connectivity index (χ1v) is 10.1. The molecule has 0 radical (unpaired) electrons. The molecular formula is C14H33O3P. The quantitative estimate of drug-likeness (QED) is 0.371. The third-order valence-electron chi connectivity index (χ3n) is 3.62. The van der Waals surface area contributed by atoms with E-state index >= 15 is 0 Å². The van der Waals surface area contributed by atoms with Crippen LogP contribution in [0.5, 0.6) is 0 Å². The van der Waals surface area contributed by atoms with Gasteiger partial charge >= 0.3 is 112 Å². The second-order valence-corrected chi connectivity index (χ2v) is 9.32. The molecule has 0 aliphatic carbocycles. The van der Waals surface area contributed by atoms with Crippen molar-refractivity contribution in [2.45, 2.75) is 78.1 Å². The zero-order chi connectivity index (χ0) is 13.9. The standard InChI is InChI=1S/C14H33O3P/c1-3-5-6-7-8-9-10-11-12-13-14-18(15,16,17)4-2/h15-17H,3-14H2,1-2H3. The summed E-state index contributed by atoms with van der Waals surface area (Å²) in [6.07, 6.45) is 12.3. The normalized spacial score (nSPS) is 14.4. The van der Waals surface area contributed by atoms with Crippen molar-refractivity contribution < 1.29 is 14.7 Å².